The van der Waals surface area contributed by atoms with Crippen molar-refractivity contribution in [3.63, 3.8) is 0 Å². The Kier molecular flexibility index (Phi) is 12.1. The molecule has 2 saturated heterocycles. The van der Waals surface area contributed by atoms with E-state index in [1.165, 1.54) is 0 Å². The molecule has 2 aliphatic heterocycles. The average Bonchev–Trinajstić information content (AvgIpc) is 3.82. The summed E-state index contributed by atoms with van der Waals surface area (Å²) in [6, 6.07) is -3.36. The molecule has 4 saturated carbocycles. The van der Waals surface area contributed by atoms with Crippen molar-refractivity contribution in [2.24, 2.45) is 33.5 Å². The number of rotatable bonds is 15. The van der Waals surface area contributed by atoms with Crippen molar-refractivity contribution in [3.8, 4) is 0 Å². The van der Waals surface area contributed by atoms with E-state index in [1.54, 1.807) is 4.90 Å². The number of ketones is 1. The summed E-state index contributed by atoms with van der Waals surface area (Å²) in [6.07, 6.45) is 13.3. The molecule has 5 N–H and O–H groups in total. The molecule has 6 atom stereocenters. The topological polar surface area (TPSA) is 160 Å². The van der Waals surface area contributed by atoms with E-state index in [2.05, 4.69) is 46.9 Å². The molecule has 12 heteroatoms. The zero-order valence-electron chi connectivity index (χ0n) is 34.7. The summed E-state index contributed by atoms with van der Waals surface area (Å²) in [5.74, 6) is -2.15. The van der Waals surface area contributed by atoms with Gasteiger partial charge in [-0.25, -0.2) is 0 Å². The number of nitrogens with zero attached hydrogens (tertiary/aromatic N) is 2. The smallest absolute Gasteiger partial charge is 0.289 e. The molecule has 12 nitrogen and oxygen atoms in total. The van der Waals surface area contributed by atoms with Gasteiger partial charge in [0.1, 0.15) is 18.1 Å². The lowest BCUT2D eigenvalue weighted by atomic mass is 9.73. The highest BCUT2D eigenvalue weighted by Crippen LogP contribution is 2.88. The second-order valence-corrected chi connectivity index (χ2v) is 19.6. The number of aliphatic hydroxyl groups excluding tert-OH is 1. The monoisotopic (exact) mass is 767 g/mol. The van der Waals surface area contributed by atoms with Gasteiger partial charge in [0.05, 0.1) is 18.0 Å². The van der Waals surface area contributed by atoms with E-state index in [4.69, 9.17) is 0 Å². The first kappa shape index (κ1) is 41.5. The van der Waals surface area contributed by atoms with E-state index in [1.807, 2.05) is 27.7 Å². The van der Waals surface area contributed by atoms with Gasteiger partial charge in [0.15, 0.2) is 0 Å². The lowest BCUT2D eigenvalue weighted by Gasteiger charge is -2.38. The Morgan fingerprint density at radius 2 is 1.58 bits per heavy atom. The van der Waals surface area contributed by atoms with Gasteiger partial charge in [-0.05, 0) is 93.0 Å². The number of carbonyl (C=O) groups is 5. The van der Waals surface area contributed by atoms with Gasteiger partial charge < -0.3 is 36.2 Å². The molecule has 4 aliphatic carbocycles. The van der Waals surface area contributed by atoms with Crippen LogP contribution in [0, 0.1) is 33.5 Å². The summed E-state index contributed by atoms with van der Waals surface area (Å²) < 4.78 is 0. The zero-order chi connectivity index (χ0) is 39.9. The lowest BCUT2D eigenvalue weighted by molar-refractivity contribution is -0.145. The molecule has 6 rings (SSSR count). The van der Waals surface area contributed by atoms with Crippen LogP contribution in [0.1, 0.15) is 138 Å². The van der Waals surface area contributed by atoms with Crippen molar-refractivity contribution in [2.75, 3.05) is 26.2 Å². The molecule has 6 aliphatic rings. The first-order chi connectivity index (χ1) is 26.0. The van der Waals surface area contributed by atoms with Crippen molar-refractivity contribution in [2.45, 2.75) is 169 Å². The molecule has 2 spiro atoms. The Balaban J connectivity index is 1.26. The predicted octanol–water partition coefficient (Wildman–Crippen LogP) is 4.73. The molecule has 0 aromatic rings. The number of likely N-dealkylation sites (tertiary alicyclic amines) is 2. The Morgan fingerprint density at radius 3 is 2.11 bits per heavy atom. The molecule has 2 heterocycles. The second kappa shape index (κ2) is 16.0. The van der Waals surface area contributed by atoms with Crippen molar-refractivity contribution in [3.05, 3.63) is 12.0 Å². The maximum atomic E-state index is 15.1. The third-order valence-electron chi connectivity index (χ3n) is 15.2. The van der Waals surface area contributed by atoms with Gasteiger partial charge >= 0.3 is 0 Å². The molecule has 6 fully saturated rings. The summed E-state index contributed by atoms with van der Waals surface area (Å²) >= 11 is 0. The van der Waals surface area contributed by atoms with Gasteiger partial charge in [-0.15, -0.1) is 0 Å². The quantitative estimate of drug-likeness (QED) is 0.118. The van der Waals surface area contributed by atoms with Gasteiger partial charge in [0.2, 0.25) is 23.5 Å². The van der Waals surface area contributed by atoms with E-state index in [-0.39, 0.29) is 45.9 Å². The summed E-state index contributed by atoms with van der Waals surface area (Å²) in [4.78, 5) is 74.5. The Hall–Kier alpha value is -3.15. The van der Waals surface area contributed by atoms with Crippen LogP contribution in [-0.4, -0.2) is 101 Å². The highest BCUT2D eigenvalue weighted by atomic mass is 16.2. The number of nitrogens with one attached hydrogen (secondary N) is 4. The Labute approximate surface area is 329 Å². The van der Waals surface area contributed by atoms with Gasteiger partial charge in [-0.1, -0.05) is 80.6 Å². The normalized spacial score (nSPS) is 29.3. The van der Waals surface area contributed by atoms with Crippen LogP contribution in [0.4, 0.5) is 0 Å². The summed E-state index contributed by atoms with van der Waals surface area (Å²) in [5, 5.41) is 22.9. The molecule has 0 bridgehead atoms. The van der Waals surface area contributed by atoms with Crippen molar-refractivity contribution < 1.29 is 29.1 Å². The van der Waals surface area contributed by atoms with Crippen LogP contribution in [0.2, 0.25) is 0 Å². The van der Waals surface area contributed by atoms with Gasteiger partial charge in [-0.2, -0.15) is 0 Å². The van der Waals surface area contributed by atoms with E-state index in [0.717, 1.165) is 96.5 Å². The number of aliphatic hydroxyl groups is 1. The first-order valence-electron chi connectivity index (χ1n) is 21.6. The van der Waals surface area contributed by atoms with Crippen molar-refractivity contribution in [1.29, 1.82) is 0 Å². The molecule has 0 unspecified atom stereocenters. The van der Waals surface area contributed by atoms with Crippen LogP contribution in [0.25, 0.3) is 0 Å². The van der Waals surface area contributed by atoms with Crippen LogP contribution >= 0.6 is 0 Å². The molecule has 0 aromatic heterocycles. The lowest BCUT2D eigenvalue weighted by Crippen LogP contribution is -2.61. The van der Waals surface area contributed by atoms with Crippen LogP contribution in [0.15, 0.2) is 12.0 Å². The largest absolute Gasteiger partial charge is 0.514 e. The Bertz CT molecular complexity index is 1510. The molecule has 308 valence electrons. The van der Waals surface area contributed by atoms with E-state index < -0.39 is 47.2 Å². The van der Waals surface area contributed by atoms with Crippen molar-refractivity contribution >= 4 is 29.4 Å². The third-order valence-corrected chi connectivity index (χ3v) is 15.2. The molecule has 4 amide bonds. The fraction of sp³-hybridized carbons (Fsp3) is 0.837. The number of fused-ring (bicyclic) bond motifs is 1. The second-order valence-electron chi connectivity index (χ2n) is 19.6. The minimum atomic E-state index is -0.979. The minimum Gasteiger partial charge on any atom is -0.514 e. The third kappa shape index (κ3) is 7.78. The SMILES string of the molecule is CCC[C@H](NC(=O)[C@@H]1C[C@@]2(CN1C(=O)[C@@H](NC(=O)[C@@H](N/C(=C\O)[C@H]1CCN(CC)C1)C1CCCCC1)C(C)(C)C)C(C)(C)C21CCC1)C(=O)C(=O)NC1CC1. The fourth-order valence-electron chi connectivity index (χ4n) is 11.3. The minimum absolute atomic E-state index is 0.0193. The summed E-state index contributed by atoms with van der Waals surface area (Å²) in [7, 11) is 0. The van der Waals surface area contributed by atoms with Crippen LogP contribution in [0.5, 0.6) is 0 Å². The fourth-order valence-corrected chi connectivity index (χ4v) is 11.3. The predicted molar refractivity (Wildman–Crippen MR) is 211 cm³/mol. The molecular formula is C43H70N6O6. The Morgan fingerprint density at radius 1 is 0.891 bits per heavy atom. The van der Waals surface area contributed by atoms with Crippen LogP contribution in [-0.2, 0) is 24.0 Å². The molecule has 55 heavy (non-hydrogen) atoms. The van der Waals surface area contributed by atoms with Crippen LogP contribution in [0.3, 0.4) is 0 Å². The molecular weight excluding hydrogens is 697 g/mol. The summed E-state index contributed by atoms with van der Waals surface area (Å²) in [6.45, 7) is 17.5. The van der Waals surface area contributed by atoms with Gasteiger partial charge in [-0.3, -0.25) is 24.0 Å². The van der Waals surface area contributed by atoms with Crippen LogP contribution < -0.4 is 21.3 Å². The van der Waals surface area contributed by atoms with E-state index in [0.29, 0.717) is 31.5 Å². The van der Waals surface area contributed by atoms with Crippen molar-refractivity contribution in [1.82, 2.24) is 31.1 Å². The van der Waals surface area contributed by atoms with E-state index >= 15 is 4.79 Å². The number of hydrogen-bond donors (Lipinski definition) is 5. The van der Waals surface area contributed by atoms with Gasteiger partial charge in [0, 0.05) is 30.5 Å². The van der Waals surface area contributed by atoms with Gasteiger partial charge in [0.25, 0.3) is 5.91 Å². The highest BCUT2D eigenvalue weighted by molar-refractivity contribution is 6.38. The first-order valence-corrected chi connectivity index (χ1v) is 21.6. The number of carbonyl (C=O) groups excluding carboxylic acids is 5. The average molecular weight is 767 g/mol. The molecule has 0 radical (unpaired) electrons. The number of amides is 4. The maximum Gasteiger partial charge on any atom is 0.289 e. The maximum absolute atomic E-state index is 15.1. The highest BCUT2D eigenvalue weighted by Gasteiger charge is 2.85. The standard InChI is InChI=1S/C43H70N6O6/c1-8-14-30(34(51)38(54)44-29-17-18-29)46-36(52)32-23-43(41(6,7)42(43)20-13-21-42)26-49(32)39(55)35(40(3,4)5)47-37(53)33(27-15-11-10-12-16-27)45-31(25-50)28-19-22-48(9-2)24-28/h25,27-30,32-33,35,45,50H,8-24,26H2,1-7H3,(H,44,54)(H,46,52)(H,47,53)/b31-25-/t28-,30-,32-,33-,35+,43+/m0/s1. The number of hydrogen-bond acceptors (Lipinski definition) is 8. The molecule has 0 aromatic carbocycles. The summed E-state index contributed by atoms with van der Waals surface area (Å²) in [5.41, 5.74) is -0.309. The number of Topliss-reactive ketones (excluding diaryl/α,β-unsaturated/α-hetero) is 1. The zero-order valence-corrected chi connectivity index (χ0v) is 34.7. The van der Waals surface area contributed by atoms with E-state index in [9.17, 15) is 24.3 Å².